The van der Waals surface area contributed by atoms with Crippen LogP contribution >= 0.6 is 11.3 Å². The third kappa shape index (κ3) is 3.75. The standard InChI is InChI=1S/C24H27N7S/c1-4-12-31-14-26-21-23(25-11-7-9-17-15(2)29-30-16(17)3)27-22(28-24(21)31)19-13-32-20-10-6-5-8-18(19)20/h5-6,8,10,13-14H,4,7,9,11-12H2,1-3H3,(H,29,30)(H,25,27,28). The predicted octanol–water partition coefficient (Wildman–Crippen LogP) is 5.50. The average Bonchev–Trinajstić information content (AvgIpc) is 3.50. The molecular weight excluding hydrogens is 418 g/mol. The van der Waals surface area contributed by atoms with Gasteiger partial charge in [-0.05, 0) is 44.7 Å². The van der Waals surface area contributed by atoms with Gasteiger partial charge in [0.05, 0.1) is 12.0 Å². The molecule has 0 fully saturated rings. The van der Waals surface area contributed by atoms with Crippen molar-refractivity contribution >= 4 is 38.4 Å². The maximum absolute atomic E-state index is 4.94. The number of imidazole rings is 1. The van der Waals surface area contributed by atoms with E-state index in [1.54, 1.807) is 11.3 Å². The summed E-state index contributed by atoms with van der Waals surface area (Å²) in [5.41, 5.74) is 6.32. The molecular formula is C24H27N7S. The van der Waals surface area contributed by atoms with Crippen molar-refractivity contribution in [1.29, 1.82) is 0 Å². The Morgan fingerprint density at radius 3 is 2.84 bits per heavy atom. The van der Waals surface area contributed by atoms with Crippen molar-refractivity contribution in [3.05, 3.63) is 52.9 Å². The van der Waals surface area contributed by atoms with Gasteiger partial charge in [0.1, 0.15) is 5.52 Å². The van der Waals surface area contributed by atoms with E-state index in [0.29, 0.717) is 0 Å². The first-order valence-corrected chi connectivity index (χ1v) is 12.0. The van der Waals surface area contributed by atoms with Crippen molar-refractivity contribution in [2.24, 2.45) is 0 Å². The van der Waals surface area contributed by atoms with E-state index < -0.39 is 0 Å². The van der Waals surface area contributed by atoms with E-state index >= 15 is 0 Å². The minimum Gasteiger partial charge on any atom is -0.368 e. The van der Waals surface area contributed by atoms with Crippen molar-refractivity contribution in [1.82, 2.24) is 29.7 Å². The second-order valence-electron chi connectivity index (χ2n) is 8.09. The van der Waals surface area contributed by atoms with Crippen LogP contribution in [-0.2, 0) is 13.0 Å². The second kappa shape index (κ2) is 8.70. The van der Waals surface area contributed by atoms with Crippen molar-refractivity contribution in [2.45, 2.75) is 46.6 Å². The molecule has 0 aliphatic carbocycles. The Morgan fingerprint density at radius 1 is 1.16 bits per heavy atom. The molecule has 0 saturated heterocycles. The second-order valence-corrected chi connectivity index (χ2v) is 9.01. The van der Waals surface area contributed by atoms with Crippen LogP contribution in [0.3, 0.4) is 0 Å². The first-order chi connectivity index (χ1) is 15.7. The van der Waals surface area contributed by atoms with E-state index in [9.17, 15) is 0 Å². The summed E-state index contributed by atoms with van der Waals surface area (Å²) in [7, 11) is 0. The highest BCUT2D eigenvalue weighted by Gasteiger charge is 2.16. The van der Waals surface area contributed by atoms with Crippen LogP contribution < -0.4 is 5.32 Å². The fourth-order valence-electron chi connectivity index (χ4n) is 4.16. The molecule has 0 amide bonds. The Labute approximate surface area is 190 Å². The molecule has 5 aromatic rings. The molecule has 0 saturated carbocycles. The van der Waals surface area contributed by atoms with Crippen LogP contribution in [0.4, 0.5) is 5.82 Å². The average molecular weight is 446 g/mol. The van der Waals surface area contributed by atoms with Gasteiger partial charge in [-0.25, -0.2) is 15.0 Å². The molecule has 4 aromatic heterocycles. The van der Waals surface area contributed by atoms with Crippen molar-refractivity contribution in [2.75, 3.05) is 11.9 Å². The highest BCUT2D eigenvalue weighted by atomic mass is 32.1. The lowest BCUT2D eigenvalue weighted by atomic mass is 10.1. The summed E-state index contributed by atoms with van der Waals surface area (Å²) in [4.78, 5) is 14.5. The van der Waals surface area contributed by atoms with Crippen LogP contribution in [0.2, 0.25) is 0 Å². The third-order valence-electron chi connectivity index (χ3n) is 5.83. The number of anilines is 1. The van der Waals surface area contributed by atoms with Gasteiger partial charge in [0.2, 0.25) is 0 Å². The molecule has 0 bridgehead atoms. The van der Waals surface area contributed by atoms with Gasteiger partial charge in [0, 0.05) is 39.8 Å². The number of nitrogens with zero attached hydrogens (tertiary/aromatic N) is 5. The van der Waals surface area contributed by atoms with Gasteiger partial charge in [-0.1, -0.05) is 25.1 Å². The Balaban J connectivity index is 1.47. The third-order valence-corrected chi connectivity index (χ3v) is 6.79. The number of rotatable bonds is 8. The van der Waals surface area contributed by atoms with Crippen LogP contribution in [0.25, 0.3) is 32.6 Å². The van der Waals surface area contributed by atoms with Gasteiger partial charge in [-0.3, -0.25) is 5.10 Å². The van der Waals surface area contributed by atoms with E-state index in [1.165, 1.54) is 15.6 Å². The first kappa shape index (κ1) is 20.6. The normalized spacial score (nSPS) is 11.6. The Morgan fingerprint density at radius 2 is 2.03 bits per heavy atom. The number of thiophene rings is 1. The number of aryl methyl sites for hydroxylation is 3. The fraction of sp³-hybridized carbons (Fsp3) is 0.333. The van der Waals surface area contributed by atoms with Crippen molar-refractivity contribution in [3.63, 3.8) is 0 Å². The maximum Gasteiger partial charge on any atom is 0.166 e. The lowest BCUT2D eigenvalue weighted by Crippen LogP contribution is -2.08. The Kier molecular flexibility index (Phi) is 5.61. The quantitative estimate of drug-likeness (QED) is 0.308. The molecule has 0 aliphatic rings. The van der Waals surface area contributed by atoms with E-state index in [-0.39, 0.29) is 0 Å². The smallest absolute Gasteiger partial charge is 0.166 e. The highest BCUT2D eigenvalue weighted by molar-refractivity contribution is 7.17. The number of benzene rings is 1. The minimum atomic E-state index is 0.747. The molecule has 32 heavy (non-hydrogen) atoms. The Bertz CT molecular complexity index is 1360. The summed E-state index contributed by atoms with van der Waals surface area (Å²) in [5, 5.41) is 14.3. The molecule has 0 spiro atoms. The van der Waals surface area contributed by atoms with Crippen LogP contribution in [0, 0.1) is 13.8 Å². The molecule has 2 N–H and O–H groups in total. The lowest BCUT2D eigenvalue weighted by molar-refractivity contribution is 0.691. The van der Waals surface area contributed by atoms with E-state index in [4.69, 9.17) is 9.97 Å². The lowest BCUT2D eigenvalue weighted by Gasteiger charge is -2.10. The molecule has 0 atom stereocenters. The van der Waals surface area contributed by atoms with Crippen molar-refractivity contribution < 1.29 is 0 Å². The molecule has 0 radical (unpaired) electrons. The SMILES string of the molecule is CCCn1cnc2c(NCCCc3c(C)n[nH]c3C)nc(-c3csc4ccccc34)nc21. The van der Waals surface area contributed by atoms with Gasteiger partial charge in [0.25, 0.3) is 0 Å². The van der Waals surface area contributed by atoms with Gasteiger partial charge >= 0.3 is 0 Å². The number of aromatic nitrogens is 6. The monoisotopic (exact) mass is 445 g/mol. The maximum atomic E-state index is 4.94. The summed E-state index contributed by atoms with van der Waals surface area (Å²) in [5.74, 6) is 1.55. The van der Waals surface area contributed by atoms with Gasteiger partial charge in [-0.15, -0.1) is 11.3 Å². The van der Waals surface area contributed by atoms with Gasteiger partial charge in [0.15, 0.2) is 17.3 Å². The number of hydrogen-bond acceptors (Lipinski definition) is 6. The zero-order valence-electron chi connectivity index (χ0n) is 18.6. The number of H-pyrrole nitrogens is 1. The van der Waals surface area contributed by atoms with E-state index in [1.807, 2.05) is 6.33 Å². The number of hydrogen-bond donors (Lipinski definition) is 2. The molecule has 164 valence electrons. The predicted molar refractivity (Wildman–Crippen MR) is 131 cm³/mol. The van der Waals surface area contributed by atoms with Crippen LogP contribution in [0.5, 0.6) is 0 Å². The van der Waals surface area contributed by atoms with Crippen molar-refractivity contribution in [3.8, 4) is 11.4 Å². The minimum absolute atomic E-state index is 0.747. The summed E-state index contributed by atoms with van der Waals surface area (Å²) in [6.07, 6.45) is 4.86. The molecule has 5 rings (SSSR count). The zero-order valence-corrected chi connectivity index (χ0v) is 19.5. The van der Waals surface area contributed by atoms with Crippen LogP contribution in [-0.4, -0.2) is 36.3 Å². The number of nitrogens with one attached hydrogen (secondary N) is 2. The summed E-state index contributed by atoms with van der Waals surface area (Å²) in [6, 6.07) is 8.42. The van der Waals surface area contributed by atoms with E-state index in [2.05, 4.69) is 75.5 Å². The topological polar surface area (TPSA) is 84.3 Å². The van der Waals surface area contributed by atoms with Gasteiger partial charge < -0.3 is 9.88 Å². The molecule has 4 heterocycles. The zero-order chi connectivity index (χ0) is 22.1. The summed E-state index contributed by atoms with van der Waals surface area (Å²) < 4.78 is 3.37. The van der Waals surface area contributed by atoms with E-state index in [0.717, 1.165) is 72.1 Å². The molecule has 7 nitrogen and oxygen atoms in total. The van der Waals surface area contributed by atoms with Gasteiger partial charge in [-0.2, -0.15) is 5.10 Å². The molecule has 0 aliphatic heterocycles. The van der Waals surface area contributed by atoms with Crippen LogP contribution in [0.15, 0.2) is 36.0 Å². The van der Waals surface area contributed by atoms with Crippen LogP contribution in [0.1, 0.15) is 36.7 Å². The number of aromatic amines is 1. The molecule has 0 unspecified atom stereocenters. The first-order valence-electron chi connectivity index (χ1n) is 11.1. The Hall–Kier alpha value is -3.26. The largest absolute Gasteiger partial charge is 0.368 e. The molecule has 1 aromatic carbocycles. The fourth-order valence-corrected chi connectivity index (χ4v) is 5.10. The highest BCUT2D eigenvalue weighted by Crippen LogP contribution is 2.34. The molecule has 8 heteroatoms. The number of fused-ring (bicyclic) bond motifs is 2. The summed E-state index contributed by atoms with van der Waals surface area (Å²) in [6.45, 7) is 7.99. The summed E-state index contributed by atoms with van der Waals surface area (Å²) >= 11 is 1.73.